The van der Waals surface area contributed by atoms with Crippen LogP contribution in [0.2, 0.25) is 0 Å². The highest BCUT2D eigenvalue weighted by molar-refractivity contribution is 5.93. The van der Waals surface area contributed by atoms with Crippen LogP contribution in [-0.4, -0.2) is 19.5 Å². The molecule has 2 N–H and O–H groups in total. The summed E-state index contributed by atoms with van der Waals surface area (Å²) < 4.78 is 5.33. The molecule has 0 spiro atoms. The number of aryl methyl sites for hydroxylation is 1. The van der Waals surface area contributed by atoms with Gasteiger partial charge in [-0.05, 0) is 13.0 Å². The predicted molar refractivity (Wildman–Crippen MR) is 55.1 cm³/mol. The summed E-state index contributed by atoms with van der Waals surface area (Å²) in [6.45, 7) is 3.99. The number of amides is 1. The highest BCUT2D eigenvalue weighted by Crippen LogP contribution is 2.17. The van der Waals surface area contributed by atoms with E-state index in [0.717, 1.165) is 5.76 Å². The molecule has 0 aliphatic rings. The third-order valence-corrected chi connectivity index (χ3v) is 2.16. The first-order valence-electron chi connectivity index (χ1n) is 4.60. The maximum Gasteiger partial charge on any atom is 0.233 e. The van der Waals surface area contributed by atoms with Gasteiger partial charge in [-0.15, -0.1) is 0 Å². The largest absolute Gasteiger partial charge is 0.445 e. The van der Waals surface area contributed by atoms with Gasteiger partial charge in [-0.1, -0.05) is 6.92 Å². The van der Waals surface area contributed by atoms with Gasteiger partial charge in [0.2, 0.25) is 11.8 Å². The number of anilines is 1. The average Bonchev–Trinajstić information content (AvgIpc) is 2.61. The molecule has 0 aromatic carbocycles. The molecule has 1 unspecified atom stereocenters. The molecular weight excluding hydrogens is 180 g/mol. The van der Waals surface area contributed by atoms with E-state index in [2.05, 4.69) is 0 Å². The Labute approximate surface area is 83.7 Å². The summed E-state index contributed by atoms with van der Waals surface area (Å²) in [5.74, 6) is 1.15. The number of carbonyl (C=O) groups is 1. The van der Waals surface area contributed by atoms with Crippen molar-refractivity contribution in [1.29, 1.82) is 0 Å². The molecule has 14 heavy (non-hydrogen) atoms. The lowest BCUT2D eigenvalue weighted by molar-refractivity contribution is -0.121. The fraction of sp³-hybridized carbons (Fsp3) is 0.500. The van der Waals surface area contributed by atoms with E-state index in [0.29, 0.717) is 12.4 Å². The molecule has 4 nitrogen and oxygen atoms in total. The predicted octanol–water partition coefficient (Wildman–Crippen LogP) is 1.15. The summed E-state index contributed by atoms with van der Waals surface area (Å²) in [5.41, 5.74) is 5.42. The molecule has 0 saturated heterocycles. The molecule has 1 rings (SSSR count). The fourth-order valence-electron chi connectivity index (χ4n) is 1.14. The molecule has 1 atom stereocenters. The third-order valence-electron chi connectivity index (χ3n) is 2.16. The zero-order valence-electron chi connectivity index (χ0n) is 8.78. The van der Waals surface area contributed by atoms with Crippen molar-refractivity contribution in [1.82, 2.24) is 0 Å². The van der Waals surface area contributed by atoms with Gasteiger partial charge >= 0.3 is 0 Å². The van der Waals surface area contributed by atoms with Crippen LogP contribution in [0.3, 0.4) is 0 Å². The molecule has 78 valence electrons. The minimum Gasteiger partial charge on any atom is -0.445 e. The smallest absolute Gasteiger partial charge is 0.233 e. The highest BCUT2D eigenvalue weighted by Gasteiger charge is 2.19. The van der Waals surface area contributed by atoms with Gasteiger partial charge in [-0.25, -0.2) is 0 Å². The Hall–Kier alpha value is -1.29. The van der Waals surface area contributed by atoms with Crippen molar-refractivity contribution in [3.8, 4) is 0 Å². The summed E-state index contributed by atoms with van der Waals surface area (Å²) >= 11 is 0. The van der Waals surface area contributed by atoms with Crippen molar-refractivity contribution in [3.63, 3.8) is 0 Å². The van der Waals surface area contributed by atoms with Crippen LogP contribution in [0.1, 0.15) is 12.7 Å². The molecule has 1 aromatic heterocycles. The van der Waals surface area contributed by atoms with E-state index in [1.54, 1.807) is 20.0 Å². The second-order valence-corrected chi connectivity index (χ2v) is 3.42. The van der Waals surface area contributed by atoms with Crippen LogP contribution in [0.4, 0.5) is 5.88 Å². The van der Waals surface area contributed by atoms with Gasteiger partial charge < -0.3 is 10.2 Å². The summed E-state index contributed by atoms with van der Waals surface area (Å²) in [6.07, 6.45) is 0. The van der Waals surface area contributed by atoms with E-state index in [1.165, 1.54) is 4.90 Å². The summed E-state index contributed by atoms with van der Waals surface area (Å²) in [4.78, 5) is 13.2. The number of hydrogen-bond acceptors (Lipinski definition) is 3. The van der Waals surface area contributed by atoms with Crippen molar-refractivity contribution >= 4 is 11.8 Å². The molecule has 0 aliphatic carbocycles. The van der Waals surface area contributed by atoms with Gasteiger partial charge in [-0.2, -0.15) is 0 Å². The average molecular weight is 196 g/mol. The van der Waals surface area contributed by atoms with Crippen LogP contribution in [-0.2, 0) is 4.79 Å². The lowest BCUT2D eigenvalue weighted by atomic mass is 10.1. The second-order valence-electron chi connectivity index (χ2n) is 3.42. The van der Waals surface area contributed by atoms with Crippen LogP contribution >= 0.6 is 0 Å². The van der Waals surface area contributed by atoms with Gasteiger partial charge in [0.05, 0.1) is 0 Å². The molecule has 0 radical (unpaired) electrons. The number of nitrogens with zero attached hydrogens (tertiary/aromatic N) is 1. The Balaban J connectivity index is 2.75. The van der Waals surface area contributed by atoms with E-state index in [4.69, 9.17) is 10.2 Å². The number of hydrogen-bond donors (Lipinski definition) is 1. The third kappa shape index (κ3) is 2.14. The van der Waals surface area contributed by atoms with Crippen LogP contribution in [0.25, 0.3) is 0 Å². The van der Waals surface area contributed by atoms with Crippen LogP contribution in [0.5, 0.6) is 0 Å². The van der Waals surface area contributed by atoms with Crippen molar-refractivity contribution in [2.45, 2.75) is 13.8 Å². The minimum absolute atomic E-state index is 0.0261. The molecular formula is C10H16N2O2. The Morgan fingerprint density at radius 3 is 2.71 bits per heavy atom. The summed E-state index contributed by atoms with van der Waals surface area (Å²) in [6, 6.07) is 3.60. The molecule has 4 heteroatoms. The summed E-state index contributed by atoms with van der Waals surface area (Å²) in [7, 11) is 1.69. The molecule has 0 fully saturated rings. The van der Waals surface area contributed by atoms with Crippen molar-refractivity contribution in [3.05, 3.63) is 17.9 Å². The van der Waals surface area contributed by atoms with Crippen molar-refractivity contribution in [2.75, 3.05) is 18.5 Å². The van der Waals surface area contributed by atoms with E-state index in [1.807, 2.05) is 13.0 Å². The lowest BCUT2D eigenvalue weighted by Gasteiger charge is -2.17. The number of furan rings is 1. The Kier molecular flexibility index (Phi) is 3.30. The number of rotatable bonds is 3. The van der Waals surface area contributed by atoms with E-state index in [-0.39, 0.29) is 11.8 Å². The molecule has 0 aliphatic heterocycles. The quantitative estimate of drug-likeness (QED) is 0.788. The van der Waals surface area contributed by atoms with E-state index >= 15 is 0 Å². The van der Waals surface area contributed by atoms with Crippen LogP contribution in [0.15, 0.2) is 16.5 Å². The minimum atomic E-state index is -0.176. The first-order valence-corrected chi connectivity index (χ1v) is 4.60. The normalized spacial score (nSPS) is 12.6. The first-order chi connectivity index (χ1) is 6.56. The highest BCUT2D eigenvalue weighted by atomic mass is 16.4. The van der Waals surface area contributed by atoms with Gasteiger partial charge in [0.15, 0.2) is 0 Å². The van der Waals surface area contributed by atoms with Crippen molar-refractivity contribution < 1.29 is 9.21 Å². The molecule has 0 bridgehead atoms. The number of carbonyl (C=O) groups excluding carboxylic acids is 1. The molecule has 0 saturated carbocycles. The maximum atomic E-state index is 11.7. The zero-order valence-corrected chi connectivity index (χ0v) is 8.78. The molecule has 1 amide bonds. The SMILES string of the molecule is Cc1ccc(N(C)C(=O)C(C)CN)o1. The Morgan fingerprint density at radius 2 is 2.29 bits per heavy atom. The number of nitrogens with two attached hydrogens (primary N) is 1. The van der Waals surface area contributed by atoms with Crippen molar-refractivity contribution in [2.24, 2.45) is 11.7 Å². The fourth-order valence-corrected chi connectivity index (χ4v) is 1.14. The Bertz CT molecular complexity index is 320. The monoisotopic (exact) mass is 196 g/mol. The first kappa shape index (κ1) is 10.8. The van der Waals surface area contributed by atoms with Crippen LogP contribution in [0, 0.1) is 12.8 Å². The Morgan fingerprint density at radius 1 is 1.64 bits per heavy atom. The second kappa shape index (κ2) is 4.28. The van der Waals surface area contributed by atoms with E-state index < -0.39 is 0 Å². The maximum absolute atomic E-state index is 11.7. The summed E-state index contributed by atoms with van der Waals surface area (Å²) in [5, 5.41) is 0. The van der Waals surface area contributed by atoms with Gasteiger partial charge in [-0.3, -0.25) is 9.69 Å². The van der Waals surface area contributed by atoms with Gasteiger partial charge in [0.1, 0.15) is 5.76 Å². The van der Waals surface area contributed by atoms with Gasteiger partial charge in [0.25, 0.3) is 0 Å². The lowest BCUT2D eigenvalue weighted by Crippen LogP contribution is -2.34. The zero-order chi connectivity index (χ0) is 10.7. The van der Waals surface area contributed by atoms with Crippen LogP contribution < -0.4 is 10.6 Å². The molecule has 1 aromatic rings. The topological polar surface area (TPSA) is 59.5 Å². The van der Waals surface area contributed by atoms with Gasteiger partial charge in [0, 0.05) is 25.6 Å². The standard InChI is InChI=1S/C10H16N2O2/c1-7(6-11)10(13)12(3)9-5-4-8(2)14-9/h4-5,7H,6,11H2,1-3H3. The molecule has 1 heterocycles. The van der Waals surface area contributed by atoms with E-state index in [9.17, 15) is 4.79 Å².